The summed E-state index contributed by atoms with van der Waals surface area (Å²) in [5.41, 5.74) is 2.80. The average molecular weight is 302 g/mol. The Kier molecular flexibility index (Phi) is 4.47. The molecule has 1 aromatic carbocycles. The van der Waals surface area contributed by atoms with Crippen molar-refractivity contribution in [3.05, 3.63) is 35.4 Å². The molecule has 4 unspecified atom stereocenters. The monoisotopic (exact) mass is 302 g/mol. The Hall–Kier alpha value is 0.324. The minimum absolute atomic E-state index is 0. The van der Waals surface area contributed by atoms with Gasteiger partial charge in [-0.3, -0.25) is 0 Å². The van der Waals surface area contributed by atoms with Gasteiger partial charge in [-0.1, -0.05) is 32.6 Å². The van der Waals surface area contributed by atoms with Crippen molar-refractivity contribution in [2.24, 2.45) is 17.8 Å². The SMILES string of the molecule is Cc1[c-]cc(C2CC3CCC(C3)C2C)cc1.[Y]. The van der Waals surface area contributed by atoms with Crippen LogP contribution in [0.1, 0.15) is 49.7 Å². The number of hydrogen-bond acceptors (Lipinski definition) is 0. The number of fused-ring (bicyclic) bond motifs is 2. The zero-order valence-electron chi connectivity index (χ0n) is 10.9. The summed E-state index contributed by atoms with van der Waals surface area (Å²) in [4.78, 5) is 0. The molecule has 0 amide bonds. The Morgan fingerprint density at radius 3 is 2.71 bits per heavy atom. The van der Waals surface area contributed by atoms with Gasteiger partial charge >= 0.3 is 0 Å². The van der Waals surface area contributed by atoms with Gasteiger partial charge in [-0.2, -0.15) is 35.4 Å². The molecule has 2 aliphatic rings. The average Bonchev–Trinajstić information content (AvgIpc) is 2.69. The van der Waals surface area contributed by atoms with Crippen molar-refractivity contribution in [1.29, 1.82) is 0 Å². The van der Waals surface area contributed by atoms with E-state index in [9.17, 15) is 0 Å². The van der Waals surface area contributed by atoms with Crippen LogP contribution in [0, 0.1) is 30.7 Å². The van der Waals surface area contributed by atoms with Gasteiger partial charge in [0.1, 0.15) is 0 Å². The van der Waals surface area contributed by atoms with E-state index in [-0.39, 0.29) is 32.7 Å². The molecule has 0 spiro atoms. The van der Waals surface area contributed by atoms with Crippen LogP contribution >= 0.6 is 0 Å². The molecule has 0 heterocycles. The van der Waals surface area contributed by atoms with Gasteiger partial charge in [-0.25, -0.2) is 0 Å². The Morgan fingerprint density at radius 1 is 1.18 bits per heavy atom. The van der Waals surface area contributed by atoms with Crippen LogP contribution in [-0.2, 0) is 32.7 Å². The summed E-state index contributed by atoms with van der Waals surface area (Å²) in [6.45, 7) is 4.59. The van der Waals surface area contributed by atoms with E-state index in [4.69, 9.17) is 0 Å². The number of aryl methyl sites for hydroxylation is 1. The first-order chi connectivity index (χ1) is 7.74. The Bertz CT molecular complexity index is 368. The van der Waals surface area contributed by atoms with E-state index in [2.05, 4.69) is 38.1 Å². The number of benzene rings is 1. The van der Waals surface area contributed by atoms with Gasteiger partial charge in [-0.05, 0) is 30.6 Å². The molecule has 2 aliphatic carbocycles. The predicted molar refractivity (Wildman–Crippen MR) is 67.4 cm³/mol. The second-order valence-corrected chi connectivity index (χ2v) is 5.95. The summed E-state index contributed by atoms with van der Waals surface area (Å²) in [6.07, 6.45) is 5.90. The Morgan fingerprint density at radius 2 is 2.00 bits per heavy atom. The van der Waals surface area contributed by atoms with E-state index < -0.39 is 0 Å². The fourth-order valence-electron chi connectivity index (χ4n) is 3.89. The first kappa shape index (κ1) is 13.7. The van der Waals surface area contributed by atoms with Gasteiger partial charge in [0.2, 0.25) is 0 Å². The molecule has 0 nitrogen and oxygen atoms in total. The van der Waals surface area contributed by atoms with Crippen LogP contribution in [0.25, 0.3) is 0 Å². The number of hydrogen-bond donors (Lipinski definition) is 0. The molecule has 3 rings (SSSR count). The molecule has 1 aromatic rings. The summed E-state index contributed by atoms with van der Waals surface area (Å²) in [5.74, 6) is 3.72. The van der Waals surface area contributed by atoms with Crippen molar-refractivity contribution >= 4 is 0 Å². The van der Waals surface area contributed by atoms with Gasteiger partial charge in [-0.15, -0.1) is 0 Å². The quantitative estimate of drug-likeness (QED) is 0.677. The molecular formula is C16H21Y-. The fraction of sp³-hybridized carbons (Fsp3) is 0.625. The van der Waals surface area contributed by atoms with Crippen molar-refractivity contribution in [2.45, 2.75) is 45.4 Å². The maximum Gasteiger partial charge on any atom is 0 e. The molecule has 1 heteroatoms. The van der Waals surface area contributed by atoms with Gasteiger partial charge in [0.25, 0.3) is 0 Å². The summed E-state index contributed by atoms with van der Waals surface area (Å²) < 4.78 is 0. The van der Waals surface area contributed by atoms with Crippen molar-refractivity contribution in [1.82, 2.24) is 0 Å². The van der Waals surface area contributed by atoms with E-state index in [1.165, 1.54) is 36.8 Å². The molecule has 4 atom stereocenters. The minimum Gasteiger partial charge on any atom is -0.180 e. The van der Waals surface area contributed by atoms with Gasteiger partial charge in [0.15, 0.2) is 0 Å². The van der Waals surface area contributed by atoms with E-state index in [0.29, 0.717) is 0 Å². The van der Waals surface area contributed by atoms with Gasteiger partial charge < -0.3 is 0 Å². The molecule has 0 aromatic heterocycles. The second-order valence-electron chi connectivity index (χ2n) is 5.95. The first-order valence-electron chi connectivity index (χ1n) is 6.72. The Labute approximate surface area is 130 Å². The van der Waals surface area contributed by atoms with Crippen molar-refractivity contribution in [3.63, 3.8) is 0 Å². The topological polar surface area (TPSA) is 0 Å². The third-order valence-electron chi connectivity index (χ3n) is 4.97. The van der Waals surface area contributed by atoms with Crippen LogP contribution in [0.15, 0.2) is 18.2 Å². The van der Waals surface area contributed by atoms with Crippen LogP contribution in [-0.4, -0.2) is 0 Å². The molecule has 1 radical (unpaired) electrons. The smallest absolute Gasteiger partial charge is 0 e. The van der Waals surface area contributed by atoms with Gasteiger partial charge in [0.05, 0.1) is 0 Å². The molecule has 89 valence electrons. The van der Waals surface area contributed by atoms with E-state index in [1.807, 2.05) is 0 Å². The zero-order chi connectivity index (χ0) is 11.1. The molecule has 17 heavy (non-hydrogen) atoms. The van der Waals surface area contributed by atoms with Crippen LogP contribution in [0.3, 0.4) is 0 Å². The summed E-state index contributed by atoms with van der Waals surface area (Å²) in [7, 11) is 0. The molecule has 0 aliphatic heterocycles. The fourth-order valence-corrected chi connectivity index (χ4v) is 3.89. The van der Waals surface area contributed by atoms with Crippen LogP contribution < -0.4 is 0 Å². The molecule has 0 N–H and O–H groups in total. The van der Waals surface area contributed by atoms with Crippen molar-refractivity contribution in [2.75, 3.05) is 0 Å². The Balaban J connectivity index is 0.00000108. The molecule has 2 bridgehead atoms. The molecule has 0 saturated heterocycles. The molecular weight excluding hydrogens is 281 g/mol. The van der Waals surface area contributed by atoms with Gasteiger partial charge in [0, 0.05) is 32.7 Å². The molecule has 2 fully saturated rings. The van der Waals surface area contributed by atoms with E-state index >= 15 is 0 Å². The van der Waals surface area contributed by atoms with E-state index in [1.54, 1.807) is 0 Å². The normalized spacial score (nSPS) is 35.4. The van der Waals surface area contributed by atoms with E-state index in [0.717, 1.165) is 23.7 Å². The van der Waals surface area contributed by atoms with Crippen molar-refractivity contribution < 1.29 is 32.7 Å². The predicted octanol–water partition coefficient (Wildman–Crippen LogP) is 4.33. The number of rotatable bonds is 1. The van der Waals surface area contributed by atoms with Crippen LogP contribution in [0.4, 0.5) is 0 Å². The largest absolute Gasteiger partial charge is 0.180 e. The van der Waals surface area contributed by atoms with Crippen LogP contribution in [0.2, 0.25) is 0 Å². The van der Waals surface area contributed by atoms with Crippen molar-refractivity contribution in [3.8, 4) is 0 Å². The molecule has 2 saturated carbocycles. The second kappa shape index (κ2) is 5.53. The zero-order valence-corrected chi connectivity index (χ0v) is 13.8. The summed E-state index contributed by atoms with van der Waals surface area (Å²) in [5, 5.41) is 0. The minimum atomic E-state index is 0. The third-order valence-corrected chi connectivity index (χ3v) is 4.97. The summed E-state index contributed by atoms with van der Waals surface area (Å²) >= 11 is 0. The third kappa shape index (κ3) is 2.68. The maximum atomic E-state index is 3.37. The van der Waals surface area contributed by atoms with Crippen LogP contribution in [0.5, 0.6) is 0 Å². The maximum absolute atomic E-state index is 3.37. The summed E-state index contributed by atoms with van der Waals surface area (Å²) in [6, 6.07) is 10.2. The first-order valence-corrected chi connectivity index (χ1v) is 6.72. The standard InChI is InChI=1S/C16H21.Y/c1-11-3-6-14(7-4-11)16-10-13-5-8-15(9-13)12(16)2;/h3,6-7,12-13,15-16H,5,8-10H2,1-2H3;/q-1;.